The minimum absolute atomic E-state index is 0.0822. The molecule has 0 unspecified atom stereocenters. The molecule has 3 aromatic rings. The van der Waals surface area contributed by atoms with Gasteiger partial charge in [-0.15, -0.1) is 0 Å². The van der Waals surface area contributed by atoms with E-state index in [1.165, 1.54) is 11.0 Å². The summed E-state index contributed by atoms with van der Waals surface area (Å²) < 4.78 is 28.2. The van der Waals surface area contributed by atoms with Crippen molar-refractivity contribution < 1.29 is 13.9 Å². The van der Waals surface area contributed by atoms with Gasteiger partial charge in [0.15, 0.2) is 23.3 Å². The van der Waals surface area contributed by atoms with Crippen LogP contribution in [0.4, 0.5) is 14.5 Å². The van der Waals surface area contributed by atoms with Gasteiger partial charge in [0.25, 0.3) is 0 Å². The molecular weight excluding hydrogens is 364 g/mol. The largest absolute Gasteiger partial charge is 0.395 e. The lowest BCUT2D eigenvalue weighted by Gasteiger charge is -2.20. The zero-order valence-corrected chi connectivity index (χ0v) is 15.3. The molecule has 1 saturated carbocycles. The Labute approximate surface area is 160 Å². The molecule has 0 aliphatic heterocycles. The molecule has 2 atom stereocenters. The first-order chi connectivity index (χ1) is 13.6. The van der Waals surface area contributed by atoms with Crippen LogP contribution >= 0.6 is 0 Å². The van der Waals surface area contributed by atoms with E-state index in [-0.39, 0.29) is 30.7 Å². The monoisotopic (exact) mass is 383 g/mol. The highest BCUT2D eigenvalue weighted by molar-refractivity contribution is 5.52. The Morgan fingerprint density at radius 3 is 2.32 bits per heavy atom. The SMILES string of the molecule is CN(CCO)c1cc([C@@H]2C[C@@H]2c2cnc(-c3ncccn3)nc2)cc(F)c1F. The van der Waals surface area contributed by atoms with Gasteiger partial charge in [-0.25, -0.2) is 28.7 Å². The molecular formula is C20H19F2N5O. The third-order valence-corrected chi connectivity index (χ3v) is 4.96. The Morgan fingerprint density at radius 1 is 1.00 bits per heavy atom. The summed E-state index contributed by atoms with van der Waals surface area (Å²) in [6.07, 6.45) is 7.55. The highest BCUT2D eigenvalue weighted by atomic mass is 19.2. The molecule has 144 valence electrons. The van der Waals surface area contributed by atoms with Crippen molar-refractivity contribution in [3.8, 4) is 11.6 Å². The second kappa shape index (κ2) is 7.55. The van der Waals surface area contributed by atoms with E-state index in [0.717, 1.165) is 17.5 Å². The van der Waals surface area contributed by atoms with Gasteiger partial charge in [-0.1, -0.05) is 0 Å². The van der Waals surface area contributed by atoms with Crippen molar-refractivity contribution in [1.29, 1.82) is 0 Å². The van der Waals surface area contributed by atoms with Gasteiger partial charge in [-0.2, -0.15) is 0 Å². The summed E-state index contributed by atoms with van der Waals surface area (Å²) in [7, 11) is 1.63. The van der Waals surface area contributed by atoms with Crippen molar-refractivity contribution in [2.24, 2.45) is 0 Å². The fourth-order valence-corrected chi connectivity index (χ4v) is 3.35. The first-order valence-corrected chi connectivity index (χ1v) is 8.98. The molecule has 2 aromatic heterocycles. The quantitative estimate of drug-likeness (QED) is 0.706. The Hall–Kier alpha value is -3.00. The van der Waals surface area contributed by atoms with Gasteiger partial charge in [0.2, 0.25) is 0 Å². The van der Waals surface area contributed by atoms with E-state index < -0.39 is 11.6 Å². The highest BCUT2D eigenvalue weighted by Gasteiger charge is 2.40. The first kappa shape index (κ1) is 18.4. The van der Waals surface area contributed by atoms with Crippen LogP contribution < -0.4 is 4.90 Å². The number of benzene rings is 1. The Bertz CT molecular complexity index is 968. The first-order valence-electron chi connectivity index (χ1n) is 8.98. The number of anilines is 1. The second-order valence-electron chi connectivity index (χ2n) is 6.84. The molecule has 6 nitrogen and oxygen atoms in total. The molecule has 1 N–H and O–H groups in total. The van der Waals surface area contributed by atoms with Gasteiger partial charge in [-0.05, 0) is 47.6 Å². The van der Waals surface area contributed by atoms with E-state index in [9.17, 15) is 8.78 Å². The van der Waals surface area contributed by atoms with E-state index in [2.05, 4.69) is 19.9 Å². The van der Waals surface area contributed by atoms with Crippen LogP contribution in [0.25, 0.3) is 11.6 Å². The maximum Gasteiger partial charge on any atom is 0.197 e. The van der Waals surface area contributed by atoms with Crippen LogP contribution in [-0.2, 0) is 0 Å². The van der Waals surface area contributed by atoms with Gasteiger partial charge in [-0.3, -0.25) is 0 Å². The maximum absolute atomic E-state index is 14.1. The number of rotatable bonds is 6. The van der Waals surface area contributed by atoms with Crippen molar-refractivity contribution in [2.75, 3.05) is 25.1 Å². The van der Waals surface area contributed by atoms with Gasteiger partial charge in [0, 0.05) is 38.4 Å². The lowest BCUT2D eigenvalue weighted by Crippen LogP contribution is -2.22. The summed E-state index contributed by atoms with van der Waals surface area (Å²) in [5, 5.41) is 9.06. The van der Waals surface area contributed by atoms with E-state index in [0.29, 0.717) is 11.6 Å². The minimum atomic E-state index is -0.896. The van der Waals surface area contributed by atoms with E-state index in [4.69, 9.17) is 5.11 Å². The van der Waals surface area contributed by atoms with Gasteiger partial charge < -0.3 is 10.0 Å². The molecule has 1 aliphatic carbocycles. The third-order valence-electron chi connectivity index (χ3n) is 4.96. The average Bonchev–Trinajstić information content (AvgIpc) is 3.52. The molecule has 1 aliphatic rings. The zero-order valence-electron chi connectivity index (χ0n) is 15.3. The summed E-state index contributed by atoms with van der Waals surface area (Å²) in [5.74, 6) is -0.630. The van der Waals surface area contributed by atoms with Crippen LogP contribution in [0.1, 0.15) is 29.4 Å². The lowest BCUT2D eigenvalue weighted by atomic mass is 10.0. The number of aliphatic hydroxyl groups excluding tert-OH is 1. The number of aliphatic hydroxyl groups is 1. The topological polar surface area (TPSA) is 75.0 Å². The third kappa shape index (κ3) is 3.55. The molecule has 1 aromatic carbocycles. The van der Waals surface area contributed by atoms with Crippen molar-refractivity contribution in [3.05, 3.63) is 65.7 Å². The Balaban J connectivity index is 1.54. The molecule has 0 bridgehead atoms. The Morgan fingerprint density at radius 2 is 1.64 bits per heavy atom. The molecule has 4 rings (SSSR count). The van der Waals surface area contributed by atoms with Crippen molar-refractivity contribution in [1.82, 2.24) is 19.9 Å². The van der Waals surface area contributed by atoms with Crippen molar-refractivity contribution >= 4 is 5.69 Å². The summed E-state index contributed by atoms with van der Waals surface area (Å²) in [5.41, 5.74) is 1.83. The van der Waals surface area contributed by atoms with Crippen LogP contribution in [0.3, 0.4) is 0 Å². The van der Waals surface area contributed by atoms with Gasteiger partial charge in [0.1, 0.15) is 0 Å². The lowest BCUT2D eigenvalue weighted by molar-refractivity contribution is 0.303. The standard InChI is InChI=1S/C20H19F2N5O/c1-27(5-6-28)17-8-12(7-16(21)18(17)22)14-9-15(14)13-10-25-20(26-11-13)19-23-3-2-4-24-19/h2-4,7-8,10-11,14-15,28H,5-6,9H2,1H3/t14-,15+/m0/s1. The van der Waals surface area contributed by atoms with E-state index >= 15 is 0 Å². The molecule has 0 radical (unpaired) electrons. The highest BCUT2D eigenvalue weighted by Crippen LogP contribution is 2.55. The molecule has 28 heavy (non-hydrogen) atoms. The van der Waals surface area contributed by atoms with Crippen LogP contribution in [0.2, 0.25) is 0 Å². The number of likely N-dealkylation sites (N-methyl/N-ethyl adjacent to an activating group) is 1. The molecule has 0 saturated heterocycles. The normalized spacial score (nSPS) is 18.1. The summed E-state index contributed by atoms with van der Waals surface area (Å²) >= 11 is 0. The minimum Gasteiger partial charge on any atom is -0.395 e. The van der Waals surface area contributed by atoms with Crippen molar-refractivity contribution in [3.63, 3.8) is 0 Å². The maximum atomic E-state index is 14.1. The molecule has 8 heteroatoms. The number of nitrogens with zero attached hydrogens (tertiary/aromatic N) is 5. The smallest absolute Gasteiger partial charge is 0.197 e. The molecule has 1 fully saturated rings. The number of aromatic nitrogens is 4. The molecule has 0 spiro atoms. The predicted octanol–water partition coefficient (Wildman–Crippen LogP) is 2.91. The van der Waals surface area contributed by atoms with E-state index in [1.54, 1.807) is 44.0 Å². The summed E-state index contributed by atoms with van der Waals surface area (Å²) in [6.45, 7) is 0.0907. The average molecular weight is 383 g/mol. The summed E-state index contributed by atoms with van der Waals surface area (Å²) in [4.78, 5) is 18.4. The second-order valence-corrected chi connectivity index (χ2v) is 6.84. The van der Waals surface area contributed by atoms with Crippen LogP contribution in [-0.4, -0.2) is 45.2 Å². The van der Waals surface area contributed by atoms with E-state index in [1.807, 2.05) is 0 Å². The molecule has 2 heterocycles. The summed E-state index contributed by atoms with van der Waals surface area (Å²) in [6, 6.07) is 4.63. The fraction of sp³-hybridized carbons (Fsp3) is 0.300. The van der Waals surface area contributed by atoms with Gasteiger partial charge in [0.05, 0.1) is 12.3 Å². The fourth-order valence-electron chi connectivity index (χ4n) is 3.35. The Kier molecular flexibility index (Phi) is 4.95. The zero-order chi connectivity index (χ0) is 19.7. The number of hydrogen-bond donors (Lipinski definition) is 1. The van der Waals surface area contributed by atoms with Crippen molar-refractivity contribution in [2.45, 2.75) is 18.3 Å². The van der Waals surface area contributed by atoms with Crippen LogP contribution in [0.5, 0.6) is 0 Å². The van der Waals surface area contributed by atoms with Gasteiger partial charge >= 0.3 is 0 Å². The van der Waals surface area contributed by atoms with Crippen LogP contribution in [0.15, 0.2) is 43.0 Å². The predicted molar refractivity (Wildman–Crippen MR) is 99.9 cm³/mol. The molecule has 0 amide bonds. The van der Waals surface area contributed by atoms with Crippen LogP contribution in [0, 0.1) is 11.6 Å². The number of hydrogen-bond acceptors (Lipinski definition) is 6. The number of halogens is 2.